The zero-order valence-electron chi connectivity index (χ0n) is 6.12. The van der Waals surface area contributed by atoms with Crippen LogP contribution in [0.2, 0.25) is 0 Å². The maximum atomic E-state index is 11.0. The SMILES string of the molecule is CSc1nnc(SC)c(=O)[nH]1. The third-order valence-corrected chi connectivity index (χ3v) is 2.26. The highest BCUT2D eigenvalue weighted by atomic mass is 32.2. The van der Waals surface area contributed by atoms with E-state index in [1.54, 1.807) is 6.26 Å². The fourth-order valence-corrected chi connectivity index (χ4v) is 1.21. The molecule has 4 nitrogen and oxygen atoms in total. The third kappa shape index (κ3) is 1.97. The van der Waals surface area contributed by atoms with Crippen LogP contribution in [0.25, 0.3) is 0 Å². The summed E-state index contributed by atoms with van der Waals surface area (Å²) in [5, 5.41) is 8.44. The van der Waals surface area contributed by atoms with Crippen molar-refractivity contribution in [2.45, 2.75) is 10.2 Å². The summed E-state index contributed by atoms with van der Waals surface area (Å²) >= 11 is 2.65. The molecule has 11 heavy (non-hydrogen) atoms. The Kier molecular flexibility index (Phi) is 2.95. The van der Waals surface area contributed by atoms with Gasteiger partial charge in [0, 0.05) is 0 Å². The molecule has 0 saturated carbocycles. The van der Waals surface area contributed by atoms with Gasteiger partial charge in [0.2, 0.25) is 0 Å². The van der Waals surface area contributed by atoms with Crippen LogP contribution >= 0.6 is 23.5 Å². The predicted molar refractivity (Wildman–Crippen MR) is 46.2 cm³/mol. The van der Waals surface area contributed by atoms with Gasteiger partial charge in [-0.15, -0.1) is 22.0 Å². The van der Waals surface area contributed by atoms with E-state index in [-0.39, 0.29) is 5.56 Å². The topological polar surface area (TPSA) is 58.6 Å². The van der Waals surface area contributed by atoms with E-state index in [0.717, 1.165) is 0 Å². The van der Waals surface area contributed by atoms with E-state index in [2.05, 4.69) is 15.2 Å². The largest absolute Gasteiger partial charge is 0.298 e. The summed E-state index contributed by atoms with van der Waals surface area (Å²) in [7, 11) is 0. The standard InChI is InChI=1S/C5H7N3OS2/c1-10-4-3(9)6-5(11-2)8-7-4/h1-2H3,(H,6,8,9). The Morgan fingerprint density at radius 1 is 1.27 bits per heavy atom. The number of aromatic nitrogens is 3. The summed E-state index contributed by atoms with van der Waals surface area (Å²) in [6, 6.07) is 0. The zero-order valence-corrected chi connectivity index (χ0v) is 7.75. The summed E-state index contributed by atoms with van der Waals surface area (Å²) in [6.07, 6.45) is 3.62. The van der Waals surface area contributed by atoms with Crippen LogP contribution in [-0.4, -0.2) is 27.7 Å². The van der Waals surface area contributed by atoms with E-state index in [4.69, 9.17) is 0 Å². The first kappa shape index (κ1) is 8.61. The smallest absolute Gasteiger partial charge is 0.284 e. The molecule has 0 radical (unpaired) electrons. The second-order valence-electron chi connectivity index (χ2n) is 1.67. The molecule has 1 aromatic heterocycles. The molecule has 60 valence electrons. The van der Waals surface area contributed by atoms with Crippen molar-refractivity contribution in [3.05, 3.63) is 10.4 Å². The van der Waals surface area contributed by atoms with Crippen molar-refractivity contribution >= 4 is 23.5 Å². The van der Waals surface area contributed by atoms with Crippen LogP contribution in [0.5, 0.6) is 0 Å². The van der Waals surface area contributed by atoms with Crippen LogP contribution in [0, 0.1) is 0 Å². The average Bonchev–Trinajstić information content (AvgIpc) is 2.04. The highest BCUT2D eigenvalue weighted by molar-refractivity contribution is 7.98. The molecule has 6 heteroatoms. The molecule has 1 N–H and O–H groups in total. The minimum atomic E-state index is -0.170. The van der Waals surface area contributed by atoms with Crippen molar-refractivity contribution in [1.82, 2.24) is 15.2 Å². The molecule has 0 saturated heterocycles. The van der Waals surface area contributed by atoms with Gasteiger partial charge in [-0.3, -0.25) is 9.78 Å². The second-order valence-corrected chi connectivity index (χ2v) is 3.26. The Morgan fingerprint density at radius 3 is 2.45 bits per heavy atom. The van der Waals surface area contributed by atoms with Gasteiger partial charge in [0.1, 0.15) is 0 Å². The van der Waals surface area contributed by atoms with Crippen molar-refractivity contribution in [1.29, 1.82) is 0 Å². The number of H-pyrrole nitrogens is 1. The lowest BCUT2D eigenvalue weighted by atomic mass is 10.8. The number of nitrogens with one attached hydrogen (secondary N) is 1. The lowest BCUT2D eigenvalue weighted by molar-refractivity contribution is 0.752. The number of hydrogen-bond acceptors (Lipinski definition) is 5. The summed E-state index contributed by atoms with van der Waals surface area (Å²) in [5.41, 5.74) is -0.170. The van der Waals surface area contributed by atoms with Crippen LogP contribution in [0.4, 0.5) is 0 Å². The Hall–Kier alpha value is -0.490. The average molecular weight is 189 g/mol. The maximum absolute atomic E-state index is 11.0. The fourth-order valence-electron chi connectivity index (χ4n) is 0.537. The maximum Gasteiger partial charge on any atom is 0.284 e. The summed E-state index contributed by atoms with van der Waals surface area (Å²) in [6.45, 7) is 0. The molecule has 0 amide bonds. The summed E-state index contributed by atoms with van der Waals surface area (Å²) < 4.78 is 0. The highest BCUT2D eigenvalue weighted by Crippen LogP contribution is 2.06. The Bertz CT molecular complexity index is 298. The third-order valence-electron chi connectivity index (χ3n) is 1.03. The van der Waals surface area contributed by atoms with Gasteiger partial charge in [-0.1, -0.05) is 11.8 Å². The normalized spacial score (nSPS) is 10.0. The molecule has 1 heterocycles. The number of nitrogens with zero attached hydrogens (tertiary/aromatic N) is 2. The van der Waals surface area contributed by atoms with Crippen LogP contribution < -0.4 is 5.56 Å². The molecule has 0 aliphatic heterocycles. The van der Waals surface area contributed by atoms with Crippen molar-refractivity contribution in [3.8, 4) is 0 Å². The fraction of sp³-hybridized carbons (Fsp3) is 0.400. The van der Waals surface area contributed by atoms with Gasteiger partial charge >= 0.3 is 0 Å². The predicted octanol–water partition coefficient (Wildman–Crippen LogP) is 0.609. The van der Waals surface area contributed by atoms with Crippen LogP contribution in [0.15, 0.2) is 15.0 Å². The molecule has 1 aromatic rings. The molecule has 0 aromatic carbocycles. The molecule has 1 rings (SSSR count). The number of hydrogen-bond donors (Lipinski definition) is 1. The molecule has 0 bridgehead atoms. The van der Waals surface area contributed by atoms with Crippen LogP contribution in [0.3, 0.4) is 0 Å². The van der Waals surface area contributed by atoms with Crippen molar-refractivity contribution in [2.24, 2.45) is 0 Å². The number of aromatic amines is 1. The van der Waals surface area contributed by atoms with E-state index in [1.165, 1.54) is 23.5 Å². The quantitative estimate of drug-likeness (QED) is 0.691. The van der Waals surface area contributed by atoms with Gasteiger partial charge in [0.15, 0.2) is 10.2 Å². The van der Waals surface area contributed by atoms with Crippen LogP contribution in [-0.2, 0) is 0 Å². The summed E-state index contributed by atoms with van der Waals surface area (Å²) in [4.78, 5) is 13.6. The molecule has 0 atom stereocenters. The second kappa shape index (κ2) is 3.77. The first-order valence-corrected chi connectivity index (χ1v) is 5.28. The molecule has 0 spiro atoms. The molecule has 0 fully saturated rings. The minimum absolute atomic E-state index is 0.170. The van der Waals surface area contributed by atoms with Crippen LogP contribution in [0.1, 0.15) is 0 Å². The van der Waals surface area contributed by atoms with Gasteiger partial charge in [-0.05, 0) is 12.5 Å². The molecule has 0 aliphatic rings. The monoisotopic (exact) mass is 189 g/mol. The Balaban J connectivity index is 3.10. The van der Waals surface area contributed by atoms with Crippen molar-refractivity contribution < 1.29 is 0 Å². The first-order valence-electron chi connectivity index (χ1n) is 2.83. The van der Waals surface area contributed by atoms with Gasteiger partial charge in [-0.25, -0.2) is 0 Å². The van der Waals surface area contributed by atoms with E-state index < -0.39 is 0 Å². The first-order chi connectivity index (χ1) is 5.27. The van der Waals surface area contributed by atoms with Gasteiger partial charge < -0.3 is 0 Å². The van der Waals surface area contributed by atoms with Crippen molar-refractivity contribution in [2.75, 3.05) is 12.5 Å². The molecule has 0 aliphatic carbocycles. The van der Waals surface area contributed by atoms with Gasteiger partial charge in [-0.2, -0.15) is 0 Å². The Morgan fingerprint density at radius 2 is 2.00 bits per heavy atom. The summed E-state index contributed by atoms with van der Waals surface area (Å²) in [5.74, 6) is 0. The van der Waals surface area contributed by atoms with Gasteiger partial charge in [0.05, 0.1) is 0 Å². The molecular weight excluding hydrogens is 182 g/mol. The van der Waals surface area contributed by atoms with E-state index in [0.29, 0.717) is 10.2 Å². The molecule has 0 unspecified atom stereocenters. The van der Waals surface area contributed by atoms with E-state index >= 15 is 0 Å². The number of thioether (sulfide) groups is 2. The van der Waals surface area contributed by atoms with E-state index in [9.17, 15) is 4.79 Å². The van der Waals surface area contributed by atoms with Gasteiger partial charge in [0.25, 0.3) is 5.56 Å². The lowest BCUT2D eigenvalue weighted by Crippen LogP contribution is -2.12. The lowest BCUT2D eigenvalue weighted by Gasteiger charge is -1.94. The van der Waals surface area contributed by atoms with Crippen molar-refractivity contribution in [3.63, 3.8) is 0 Å². The molecular formula is C5H7N3OS2. The Labute approximate surface area is 72.2 Å². The van der Waals surface area contributed by atoms with E-state index in [1.807, 2.05) is 6.26 Å². The highest BCUT2D eigenvalue weighted by Gasteiger charge is 2.00. The zero-order chi connectivity index (χ0) is 8.27. The number of rotatable bonds is 2. The minimum Gasteiger partial charge on any atom is -0.298 e.